The summed E-state index contributed by atoms with van der Waals surface area (Å²) in [6.45, 7) is 0.669. The highest BCUT2D eigenvalue weighted by molar-refractivity contribution is 5.91. The average molecular weight is 370 g/mol. The van der Waals surface area contributed by atoms with Crippen LogP contribution in [0.1, 0.15) is 35.3 Å². The monoisotopic (exact) mass is 370 g/mol. The van der Waals surface area contributed by atoms with E-state index in [1.165, 1.54) is 5.06 Å². The molecule has 2 bridgehead atoms. The number of carboxylic acid groups (broad SMARTS) is 1. The van der Waals surface area contributed by atoms with Crippen LogP contribution in [0.25, 0.3) is 0 Å². The maximum absolute atomic E-state index is 12.9. The lowest BCUT2D eigenvalue weighted by atomic mass is 9.96. The third-order valence-electron chi connectivity index (χ3n) is 4.71. The molecule has 1 aromatic carbocycles. The van der Waals surface area contributed by atoms with Crippen LogP contribution in [-0.2, 0) is 11.4 Å². The summed E-state index contributed by atoms with van der Waals surface area (Å²) in [5, 5.41) is 17.1. The van der Waals surface area contributed by atoms with Crippen molar-refractivity contribution in [3.05, 3.63) is 53.3 Å². The number of carbonyl (C=O) groups excluding carboxylic acids is 1. The lowest BCUT2D eigenvalue weighted by molar-refractivity contribution is -0.141. The first-order chi connectivity index (χ1) is 13.0. The molecule has 0 radical (unpaired) electrons. The molecule has 3 heterocycles. The van der Waals surface area contributed by atoms with E-state index in [1.54, 1.807) is 11.1 Å². The highest BCUT2D eigenvalue weighted by atomic mass is 16.7. The van der Waals surface area contributed by atoms with E-state index in [0.717, 1.165) is 11.1 Å². The van der Waals surface area contributed by atoms with Gasteiger partial charge in [0.25, 0.3) is 0 Å². The molecule has 1 aromatic heterocycles. The van der Waals surface area contributed by atoms with Crippen molar-refractivity contribution >= 4 is 18.0 Å². The zero-order valence-electron chi connectivity index (χ0n) is 14.3. The van der Waals surface area contributed by atoms with Crippen molar-refractivity contribution in [3.63, 3.8) is 0 Å². The van der Waals surface area contributed by atoms with Gasteiger partial charge >= 0.3 is 12.1 Å². The number of amidine groups is 1. The Bertz CT molecular complexity index is 896. The fraction of sp³-hybridized carbons (Fsp3) is 0.294. The van der Waals surface area contributed by atoms with E-state index in [-0.39, 0.29) is 30.9 Å². The van der Waals surface area contributed by atoms with Crippen LogP contribution < -0.4 is 5.73 Å². The SMILES string of the molecule is NC(CC1c2[nH]ncc2C2CN1C(=O)N2OCc1ccccc1)=NC(=O)O. The Morgan fingerprint density at radius 1 is 1.41 bits per heavy atom. The number of hydrogen-bond donors (Lipinski definition) is 3. The van der Waals surface area contributed by atoms with Gasteiger partial charge in [-0.05, 0) is 5.56 Å². The third kappa shape index (κ3) is 3.10. The molecule has 140 valence electrons. The summed E-state index contributed by atoms with van der Waals surface area (Å²) in [5.41, 5.74) is 8.22. The first-order valence-corrected chi connectivity index (χ1v) is 8.40. The minimum Gasteiger partial charge on any atom is -0.463 e. The van der Waals surface area contributed by atoms with Crippen molar-refractivity contribution in [2.24, 2.45) is 10.7 Å². The smallest absolute Gasteiger partial charge is 0.432 e. The fourth-order valence-electron chi connectivity index (χ4n) is 3.52. The molecular weight excluding hydrogens is 352 g/mol. The Balaban J connectivity index is 1.57. The number of aliphatic imine (C=N–C) groups is 1. The highest BCUT2D eigenvalue weighted by Gasteiger charge is 2.49. The van der Waals surface area contributed by atoms with Crippen molar-refractivity contribution < 1.29 is 19.5 Å². The summed E-state index contributed by atoms with van der Waals surface area (Å²) in [6, 6.07) is 8.50. The molecule has 2 aliphatic rings. The molecule has 27 heavy (non-hydrogen) atoms. The lowest BCUT2D eigenvalue weighted by Gasteiger charge is -2.29. The molecule has 2 aliphatic heterocycles. The quantitative estimate of drug-likeness (QED) is 0.542. The topological polar surface area (TPSA) is 137 Å². The number of nitrogens with zero attached hydrogens (tertiary/aromatic N) is 4. The number of urea groups is 1. The van der Waals surface area contributed by atoms with Crippen LogP contribution in [0.3, 0.4) is 0 Å². The average Bonchev–Trinajstić information content (AvgIpc) is 3.22. The Hall–Kier alpha value is -3.40. The maximum Gasteiger partial charge on any atom is 0.432 e. The second-order valence-electron chi connectivity index (χ2n) is 6.38. The van der Waals surface area contributed by atoms with Crippen LogP contribution >= 0.6 is 0 Å². The summed E-state index contributed by atoms with van der Waals surface area (Å²) in [5.74, 6) is -0.0667. The first-order valence-electron chi connectivity index (χ1n) is 8.40. The first kappa shape index (κ1) is 17.0. The van der Waals surface area contributed by atoms with Crippen LogP contribution in [0.15, 0.2) is 41.5 Å². The predicted octanol–water partition coefficient (Wildman–Crippen LogP) is 1.80. The Labute approximate surface area is 154 Å². The van der Waals surface area contributed by atoms with E-state index in [9.17, 15) is 9.59 Å². The molecule has 1 saturated heterocycles. The molecule has 4 N–H and O–H groups in total. The number of hydrogen-bond acceptors (Lipinski definition) is 4. The Kier molecular flexibility index (Phi) is 4.24. The molecular formula is C17H18N6O4. The summed E-state index contributed by atoms with van der Waals surface area (Å²) < 4.78 is 0. The summed E-state index contributed by atoms with van der Waals surface area (Å²) in [4.78, 5) is 34.4. The van der Waals surface area contributed by atoms with Gasteiger partial charge in [0.1, 0.15) is 18.5 Å². The van der Waals surface area contributed by atoms with E-state index in [4.69, 9.17) is 15.7 Å². The molecule has 2 atom stereocenters. The van der Waals surface area contributed by atoms with Crippen LogP contribution in [0.2, 0.25) is 0 Å². The predicted molar refractivity (Wildman–Crippen MR) is 93.5 cm³/mol. The zero-order chi connectivity index (χ0) is 19.0. The molecule has 1 fully saturated rings. The number of rotatable bonds is 5. The van der Waals surface area contributed by atoms with Crippen LogP contribution in [0.5, 0.6) is 0 Å². The van der Waals surface area contributed by atoms with Gasteiger partial charge in [-0.1, -0.05) is 30.3 Å². The summed E-state index contributed by atoms with van der Waals surface area (Å²) >= 11 is 0. The number of aromatic nitrogens is 2. The number of amides is 3. The van der Waals surface area contributed by atoms with Crippen molar-refractivity contribution in [3.8, 4) is 0 Å². The normalized spacial score (nSPS) is 21.5. The number of hydroxylamine groups is 2. The summed E-state index contributed by atoms with van der Waals surface area (Å²) in [7, 11) is 0. The van der Waals surface area contributed by atoms with Crippen LogP contribution in [-0.4, -0.2) is 49.8 Å². The number of carbonyl (C=O) groups is 2. The van der Waals surface area contributed by atoms with Crippen molar-refractivity contribution in [2.45, 2.75) is 25.1 Å². The highest BCUT2D eigenvalue weighted by Crippen LogP contribution is 2.44. The Morgan fingerprint density at radius 2 is 2.19 bits per heavy atom. The van der Waals surface area contributed by atoms with Crippen molar-refractivity contribution in [1.29, 1.82) is 0 Å². The van der Waals surface area contributed by atoms with Gasteiger partial charge < -0.3 is 15.7 Å². The molecule has 4 rings (SSSR count). The second kappa shape index (κ2) is 6.72. The third-order valence-corrected chi connectivity index (χ3v) is 4.71. The molecule has 2 unspecified atom stereocenters. The molecule has 10 heteroatoms. The number of H-pyrrole nitrogens is 1. The number of nitrogens with two attached hydrogens (primary N) is 1. The molecule has 10 nitrogen and oxygen atoms in total. The number of aromatic amines is 1. The summed E-state index contributed by atoms with van der Waals surface area (Å²) in [6.07, 6.45) is 0.380. The van der Waals surface area contributed by atoms with E-state index in [0.29, 0.717) is 12.2 Å². The van der Waals surface area contributed by atoms with E-state index >= 15 is 0 Å². The lowest BCUT2D eigenvalue weighted by Crippen LogP contribution is -2.36. The zero-order valence-corrected chi connectivity index (χ0v) is 14.3. The van der Waals surface area contributed by atoms with Gasteiger partial charge in [0, 0.05) is 12.0 Å². The maximum atomic E-state index is 12.9. The van der Waals surface area contributed by atoms with E-state index in [1.807, 2.05) is 30.3 Å². The fourth-order valence-corrected chi connectivity index (χ4v) is 3.52. The van der Waals surface area contributed by atoms with Gasteiger partial charge in [-0.25, -0.2) is 9.59 Å². The van der Waals surface area contributed by atoms with Gasteiger partial charge in [-0.3, -0.25) is 9.94 Å². The second-order valence-corrected chi connectivity index (χ2v) is 6.38. The molecule has 0 saturated carbocycles. The number of fused-ring (bicyclic) bond motifs is 4. The molecule has 0 spiro atoms. The van der Waals surface area contributed by atoms with Gasteiger partial charge in [0.15, 0.2) is 0 Å². The van der Waals surface area contributed by atoms with E-state index in [2.05, 4.69) is 15.2 Å². The Morgan fingerprint density at radius 3 is 2.93 bits per heavy atom. The number of benzene rings is 1. The van der Waals surface area contributed by atoms with Crippen LogP contribution in [0, 0.1) is 0 Å². The molecule has 2 aromatic rings. The van der Waals surface area contributed by atoms with Crippen molar-refractivity contribution in [2.75, 3.05) is 6.54 Å². The number of nitrogens with one attached hydrogen (secondary N) is 1. The standard InChI is InChI=1S/C17H18N6O4/c18-14(20-16(24)25)6-12-15-11(7-19-21-15)13-8-22(12)17(26)23(13)27-9-10-4-2-1-3-5-10/h1-5,7,12-13H,6,8-9H2,(H2,18,20)(H,19,21)(H,24,25). The van der Waals surface area contributed by atoms with E-state index < -0.39 is 12.1 Å². The van der Waals surface area contributed by atoms with Gasteiger partial charge in [-0.15, -0.1) is 0 Å². The van der Waals surface area contributed by atoms with Gasteiger partial charge in [-0.2, -0.15) is 15.2 Å². The molecule has 3 amide bonds. The minimum absolute atomic E-state index is 0.0667. The van der Waals surface area contributed by atoms with Gasteiger partial charge in [0.05, 0.1) is 24.5 Å². The van der Waals surface area contributed by atoms with Gasteiger partial charge in [0.2, 0.25) is 0 Å². The minimum atomic E-state index is -1.37. The van der Waals surface area contributed by atoms with Crippen molar-refractivity contribution in [1.82, 2.24) is 20.2 Å². The largest absolute Gasteiger partial charge is 0.463 e. The van der Waals surface area contributed by atoms with Crippen LogP contribution in [0.4, 0.5) is 9.59 Å². The molecule has 0 aliphatic carbocycles.